The number of carbonyl (C=O) groups excluding carboxylic acids is 1. The van der Waals surface area contributed by atoms with Crippen LogP contribution in [0.2, 0.25) is 0 Å². The lowest BCUT2D eigenvalue weighted by molar-refractivity contribution is -0.0695. The van der Waals surface area contributed by atoms with Crippen LogP contribution in [0.1, 0.15) is 48.0 Å². The number of fused-ring (bicyclic) bond motifs is 1. The van der Waals surface area contributed by atoms with Crippen LogP contribution in [-0.2, 0) is 4.74 Å². The van der Waals surface area contributed by atoms with Gasteiger partial charge in [-0.15, -0.1) is 0 Å². The highest BCUT2D eigenvalue weighted by Crippen LogP contribution is 2.41. The van der Waals surface area contributed by atoms with Gasteiger partial charge in [0.2, 0.25) is 0 Å². The molecule has 3 aliphatic heterocycles. The number of amides is 1. The van der Waals surface area contributed by atoms with Gasteiger partial charge in [0, 0.05) is 51.6 Å². The van der Waals surface area contributed by atoms with Crippen molar-refractivity contribution in [2.75, 3.05) is 39.4 Å². The van der Waals surface area contributed by atoms with Gasteiger partial charge < -0.3 is 14.7 Å². The summed E-state index contributed by atoms with van der Waals surface area (Å²) in [4.78, 5) is 17.7. The van der Waals surface area contributed by atoms with E-state index in [4.69, 9.17) is 4.74 Å². The first-order valence-electron chi connectivity index (χ1n) is 11.3. The molecule has 0 bridgehead atoms. The standard InChI is InChI=1S/C23H32N4O3/c1-17-2-3-21-20(13-24-27(21)14-17)22(29)25-8-6-23(7-9-25)12-19(28)15-26(16-23)18-4-10-30-11-5-18/h2-3,13-14,18-19,28H,4-12,15-16H2,1H3. The number of aryl methyl sites for hydroxylation is 1. The van der Waals surface area contributed by atoms with Crippen LogP contribution >= 0.6 is 0 Å². The van der Waals surface area contributed by atoms with Crippen molar-refractivity contribution in [2.24, 2.45) is 5.41 Å². The summed E-state index contributed by atoms with van der Waals surface area (Å²) in [6, 6.07) is 4.52. The van der Waals surface area contributed by atoms with E-state index in [2.05, 4.69) is 10.00 Å². The van der Waals surface area contributed by atoms with E-state index in [1.807, 2.05) is 30.2 Å². The number of hydrogen-bond acceptors (Lipinski definition) is 5. The first-order valence-corrected chi connectivity index (χ1v) is 11.3. The maximum atomic E-state index is 13.2. The lowest BCUT2D eigenvalue weighted by Crippen LogP contribution is -2.57. The van der Waals surface area contributed by atoms with Crippen LogP contribution in [0.25, 0.3) is 5.52 Å². The van der Waals surface area contributed by atoms with Gasteiger partial charge in [0.25, 0.3) is 5.91 Å². The molecule has 7 nitrogen and oxygen atoms in total. The maximum Gasteiger partial charge on any atom is 0.257 e. The molecular weight excluding hydrogens is 380 g/mol. The number of aliphatic hydroxyl groups excluding tert-OH is 1. The minimum absolute atomic E-state index is 0.0707. The Labute approximate surface area is 177 Å². The van der Waals surface area contributed by atoms with Gasteiger partial charge in [0.1, 0.15) is 0 Å². The molecule has 2 aromatic rings. The summed E-state index contributed by atoms with van der Waals surface area (Å²) in [6.07, 6.45) is 8.24. The fourth-order valence-electron chi connectivity index (χ4n) is 5.69. The molecule has 1 spiro atoms. The highest BCUT2D eigenvalue weighted by molar-refractivity contribution is 6.00. The van der Waals surface area contributed by atoms with E-state index < -0.39 is 0 Å². The van der Waals surface area contributed by atoms with Gasteiger partial charge in [-0.1, -0.05) is 6.07 Å². The number of piperidine rings is 2. The second kappa shape index (κ2) is 7.94. The lowest BCUT2D eigenvalue weighted by Gasteiger charge is -2.51. The van der Waals surface area contributed by atoms with Crippen molar-refractivity contribution in [3.05, 3.63) is 35.7 Å². The molecule has 1 amide bonds. The molecule has 1 atom stereocenters. The Morgan fingerprint density at radius 1 is 1.23 bits per heavy atom. The Morgan fingerprint density at radius 3 is 2.77 bits per heavy atom. The van der Waals surface area contributed by atoms with Gasteiger partial charge in [-0.05, 0) is 56.1 Å². The number of β-amino-alcohol motifs (C(OH)–C–C–N with tert-alkyl or cyclic N) is 1. The Balaban J connectivity index is 1.27. The summed E-state index contributed by atoms with van der Waals surface area (Å²) in [7, 11) is 0. The van der Waals surface area contributed by atoms with Crippen LogP contribution in [0.4, 0.5) is 0 Å². The van der Waals surface area contributed by atoms with Crippen molar-refractivity contribution in [3.8, 4) is 0 Å². The number of hydrogen-bond donors (Lipinski definition) is 1. The number of nitrogens with zero attached hydrogens (tertiary/aromatic N) is 4. The molecule has 5 heterocycles. The maximum absolute atomic E-state index is 13.2. The quantitative estimate of drug-likeness (QED) is 0.818. The average Bonchev–Trinajstić information content (AvgIpc) is 3.17. The van der Waals surface area contributed by atoms with Crippen molar-refractivity contribution in [3.63, 3.8) is 0 Å². The van der Waals surface area contributed by atoms with Gasteiger partial charge in [0.05, 0.1) is 23.4 Å². The predicted molar refractivity (Wildman–Crippen MR) is 114 cm³/mol. The molecule has 0 aliphatic carbocycles. The van der Waals surface area contributed by atoms with Crippen molar-refractivity contribution < 1.29 is 14.6 Å². The Hall–Kier alpha value is -1.96. The van der Waals surface area contributed by atoms with Crippen molar-refractivity contribution in [1.29, 1.82) is 0 Å². The zero-order chi connectivity index (χ0) is 20.7. The molecule has 1 unspecified atom stereocenters. The third kappa shape index (κ3) is 3.74. The number of pyridine rings is 1. The summed E-state index contributed by atoms with van der Waals surface area (Å²) in [5.41, 5.74) is 2.78. The van der Waals surface area contributed by atoms with Gasteiger partial charge in [0.15, 0.2) is 0 Å². The van der Waals surface area contributed by atoms with Crippen LogP contribution in [0.15, 0.2) is 24.5 Å². The molecule has 1 N–H and O–H groups in total. The first kappa shape index (κ1) is 20.0. The van der Waals surface area contributed by atoms with Gasteiger partial charge in [-0.25, -0.2) is 4.52 Å². The second-order valence-corrected chi connectivity index (χ2v) is 9.52. The number of rotatable bonds is 2. The largest absolute Gasteiger partial charge is 0.392 e. The molecule has 7 heteroatoms. The van der Waals surface area contributed by atoms with Gasteiger partial charge in [-0.2, -0.15) is 5.10 Å². The van der Waals surface area contributed by atoms with Crippen LogP contribution < -0.4 is 0 Å². The highest BCUT2D eigenvalue weighted by Gasteiger charge is 2.44. The lowest BCUT2D eigenvalue weighted by atomic mass is 9.71. The molecule has 3 fully saturated rings. The number of aliphatic hydroxyl groups is 1. The van der Waals surface area contributed by atoms with Gasteiger partial charge >= 0.3 is 0 Å². The fraction of sp³-hybridized carbons (Fsp3) is 0.652. The molecule has 3 aliphatic rings. The van der Waals surface area contributed by atoms with E-state index in [1.54, 1.807) is 10.7 Å². The van der Waals surface area contributed by atoms with Crippen molar-refractivity contribution in [2.45, 2.75) is 51.2 Å². The summed E-state index contributed by atoms with van der Waals surface area (Å²) in [5, 5.41) is 15.0. The van der Waals surface area contributed by atoms with Crippen LogP contribution in [0.3, 0.4) is 0 Å². The van der Waals surface area contributed by atoms with E-state index in [9.17, 15) is 9.90 Å². The minimum Gasteiger partial charge on any atom is -0.392 e. The zero-order valence-corrected chi connectivity index (χ0v) is 17.8. The third-order valence-corrected chi connectivity index (χ3v) is 7.37. The molecular formula is C23H32N4O3. The topological polar surface area (TPSA) is 70.3 Å². The number of ether oxygens (including phenoxy) is 1. The molecule has 0 aromatic carbocycles. The number of likely N-dealkylation sites (tertiary alicyclic amines) is 2. The summed E-state index contributed by atoms with van der Waals surface area (Å²) in [6.45, 7) is 6.97. The van der Waals surface area contributed by atoms with E-state index in [0.29, 0.717) is 11.6 Å². The van der Waals surface area contributed by atoms with Crippen LogP contribution in [-0.4, -0.2) is 82.0 Å². The van der Waals surface area contributed by atoms with Crippen LogP contribution in [0, 0.1) is 12.3 Å². The van der Waals surface area contributed by atoms with E-state index in [1.165, 1.54) is 0 Å². The molecule has 2 aromatic heterocycles. The Bertz CT molecular complexity index is 912. The van der Waals surface area contributed by atoms with Crippen LogP contribution in [0.5, 0.6) is 0 Å². The fourth-order valence-corrected chi connectivity index (χ4v) is 5.69. The second-order valence-electron chi connectivity index (χ2n) is 9.52. The molecule has 30 heavy (non-hydrogen) atoms. The van der Waals surface area contributed by atoms with E-state index in [0.717, 1.165) is 82.6 Å². The van der Waals surface area contributed by atoms with E-state index in [-0.39, 0.29) is 17.4 Å². The average molecular weight is 413 g/mol. The monoisotopic (exact) mass is 412 g/mol. The molecule has 5 rings (SSSR count). The normalized spacial score (nSPS) is 25.8. The summed E-state index contributed by atoms with van der Waals surface area (Å²) >= 11 is 0. The first-order chi connectivity index (χ1) is 14.5. The smallest absolute Gasteiger partial charge is 0.257 e. The predicted octanol–water partition coefficient (Wildman–Crippen LogP) is 2.11. The summed E-state index contributed by atoms with van der Waals surface area (Å²) < 4.78 is 7.32. The molecule has 0 saturated carbocycles. The minimum atomic E-state index is -0.272. The number of aromatic nitrogens is 2. The molecule has 3 saturated heterocycles. The molecule has 162 valence electrons. The number of carbonyl (C=O) groups is 1. The van der Waals surface area contributed by atoms with E-state index >= 15 is 0 Å². The SMILES string of the molecule is Cc1ccc2c(C(=O)N3CCC4(CC3)CC(O)CN(C3CCOCC3)C4)cnn2c1. The highest BCUT2D eigenvalue weighted by atomic mass is 16.5. The Kier molecular flexibility index (Phi) is 5.29. The third-order valence-electron chi connectivity index (χ3n) is 7.37. The molecule has 0 radical (unpaired) electrons. The van der Waals surface area contributed by atoms with Crippen molar-refractivity contribution >= 4 is 11.4 Å². The Morgan fingerprint density at radius 2 is 2.00 bits per heavy atom. The summed E-state index contributed by atoms with van der Waals surface area (Å²) in [5.74, 6) is 0.0707. The zero-order valence-electron chi connectivity index (χ0n) is 17.8. The van der Waals surface area contributed by atoms with Gasteiger partial charge in [-0.3, -0.25) is 9.69 Å². The van der Waals surface area contributed by atoms with Crippen molar-refractivity contribution in [1.82, 2.24) is 19.4 Å².